The topological polar surface area (TPSA) is 67.4 Å². The molecule has 0 aromatic heterocycles. The highest BCUT2D eigenvalue weighted by Crippen LogP contribution is 2.13. The molecule has 1 aliphatic heterocycles. The summed E-state index contributed by atoms with van der Waals surface area (Å²) in [6, 6.07) is 6.06. The number of alkyl carbamates (subject to hydrolysis) is 1. The van der Waals surface area contributed by atoms with Crippen molar-refractivity contribution >= 4 is 29.3 Å². The first kappa shape index (κ1) is 10.8. The van der Waals surface area contributed by atoms with Crippen molar-refractivity contribution in [2.45, 2.75) is 6.04 Å². The zero-order chi connectivity index (χ0) is 11.5. The average Bonchev–Trinajstić information content (AvgIpc) is 2.68. The molecule has 5 nitrogen and oxygen atoms in total. The minimum Gasteiger partial charge on any atom is -0.447 e. The van der Waals surface area contributed by atoms with Gasteiger partial charge in [-0.05, 0) is 24.3 Å². The Balaban J connectivity index is 1.97. The van der Waals surface area contributed by atoms with Gasteiger partial charge in [-0.15, -0.1) is 0 Å². The van der Waals surface area contributed by atoms with Gasteiger partial charge in [-0.2, -0.15) is 0 Å². The molecule has 2 N–H and O–H groups in total. The fourth-order valence-corrected chi connectivity index (χ4v) is 1.41. The van der Waals surface area contributed by atoms with E-state index in [1.54, 1.807) is 24.3 Å². The van der Waals surface area contributed by atoms with Gasteiger partial charge in [-0.25, -0.2) is 4.79 Å². The maximum Gasteiger partial charge on any atom is 0.407 e. The largest absolute Gasteiger partial charge is 0.447 e. The van der Waals surface area contributed by atoms with E-state index in [4.69, 9.17) is 11.6 Å². The van der Waals surface area contributed by atoms with Crippen molar-refractivity contribution in [1.82, 2.24) is 5.32 Å². The Bertz CT molecular complexity index is 419. The first-order valence-electron chi connectivity index (χ1n) is 4.65. The predicted molar refractivity (Wildman–Crippen MR) is 58.4 cm³/mol. The summed E-state index contributed by atoms with van der Waals surface area (Å²) in [6.45, 7) is 0.0538. The van der Waals surface area contributed by atoms with Gasteiger partial charge in [0.15, 0.2) is 0 Å². The summed E-state index contributed by atoms with van der Waals surface area (Å²) in [5.74, 6) is -0.312. The highest BCUT2D eigenvalue weighted by molar-refractivity contribution is 6.30. The number of amides is 2. The number of hydrogen-bond donors (Lipinski definition) is 2. The molecule has 0 aliphatic carbocycles. The molecule has 1 unspecified atom stereocenters. The van der Waals surface area contributed by atoms with Crippen LogP contribution < -0.4 is 10.6 Å². The van der Waals surface area contributed by atoms with Crippen molar-refractivity contribution in [2.75, 3.05) is 11.9 Å². The number of cyclic esters (lactones) is 1. The number of benzene rings is 1. The van der Waals surface area contributed by atoms with E-state index in [0.29, 0.717) is 10.7 Å². The quantitative estimate of drug-likeness (QED) is 0.821. The molecule has 0 radical (unpaired) electrons. The molecule has 1 aromatic rings. The van der Waals surface area contributed by atoms with Gasteiger partial charge < -0.3 is 15.4 Å². The number of nitrogens with one attached hydrogen (secondary N) is 2. The fourth-order valence-electron chi connectivity index (χ4n) is 1.29. The predicted octanol–water partition coefficient (Wildman–Crippen LogP) is 1.39. The van der Waals surface area contributed by atoms with E-state index >= 15 is 0 Å². The lowest BCUT2D eigenvalue weighted by Gasteiger charge is -2.08. The number of carbonyl (C=O) groups is 2. The van der Waals surface area contributed by atoms with Gasteiger partial charge in [-0.1, -0.05) is 11.6 Å². The van der Waals surface area contributed by atoms with Crippen LogP contribution in [0.25, 0.3) is 0 Å². The number of anilines is 1. The Morgan fingerprint density at radius 2 is 2.12 bits per heavy atom. The Labute approximate surface area is 96.7 Å². The standard InChI is InChI=1S/C10H9ClN2O3/c11-6-1-3-7(4-2-6)12-9(14)8-5-16-10(15)13-8/h1-4,8H,5H2,(H,12,14)(H,13,15). The number of halogens is 1. The molecule has 2 amide bonds. The maximum absolute atomic E-state index is 11.6. The zero-order valence-corrected chi connectivity index (χ0v) is 8.95. The number of rotatable bonds is 2. The third kappa shape index (κ3) is 2.43. The molecular formula is C10H9ClN2O3. The molecule has 1 fully saturated rings. The van der Waals surface area contributed by atoms with E-state index in [2.05, 4.69) is 15.4 Å². The fraction of sp³-hybridized carbons (Fsp3) is 0.200. The summed E-state index contributed by atoms with van der Waals surface area (Å²) >= 11 is 5.70. The Morgan fingerprint density at radius 1 is 1.44 bits per heavy atom. The molecule has 16 heavy (non-hydrogen) atoms. The van der Waals surface area contributed by atoms with Crippen LogP contribution in [0.15, 0.2) is 24.3 Å². The van der Waals surface area contributed by atoms with Crippen molar-refractivity contribution in [2.24, 2.45) is 0 Å². The van der Waals surface area contributed by atoms with Gasteiger partial charge in [-0.3, -0.25) is 4.79 Å². The molecule has 0 spiro atoms. The summed E-state index contributed by atoms with van der Waals surface area (Å²) in [7, 11) is 0. The summed E-state index contributed by atoms with van der Waals surface area (Å²) < 4.78 is 4.61. The molecule has 1 aromatic carbocycles. The molecule has 0 saturated carbocycles. The van der Waals surface area contributed by atoms with E-state index in [1.807, 2.05) is 0 Å². The van der Waals surface area contributed by atoms with Gasteiger partial charge in [0.05, 0.1) is 0 Å². The second-order valence-electron chi connectivity index (χ2n) is 3.29. The average molecular weight is 241 g/mol. The SMILES string of the molecule is O=C1NC(C(=O)Nc2ccc(Cl)cc2)CO1. The molecule has 1 aliphatic rings. The van der Waals surface area contributed by atoms with Crippen molar-refractivity contribution in [3.8, 4) is 0 Å². The minimum atomic E-state index is -0.636. The summed E-state index contributed by atoms with van der Waals surface area (Å²) in [5, 5.41) is 5.62. The third-order valence-corrected chi connectivity index (χ3v) is 2.35. The molecule has 84 valence electrons. The van der Waals surface area contributed by atoms with Crippen LogP contribution in [0.2, 0.25) is 5.02 Å². The summed E-state index contributed by atoms with van der Waals surface area (Å²) in [4.78, 5) is 22.3. The van der Waals surface area contributed by atoms with Crippen LogP contribution in [-0.4, -0.2) is 24.6 Å². The van der Waals surface area contributed by atoms with Crippen LogP contribution in [-0.2, 0) is 9.53 Å². The second-order valence-corrected chi connectivity index (χ2v) is 3.73. The van der Waals surface area contributed by atoms with Crippen molar-refractivity contribution in [3.63, 3.8) is 0 Å². The summed E-state index contributed by atoms with van der Waals surface area (Å²) in [6.07, 6.45) is -0.573. The Hall–Kier alpha value is -1.75. The van der Waals surface area contributed by atoms with E-state index in [0.717, 1.165) is 0 Å². The van der Waals surface area contributed by atoms with E-state index in [1.165, 1.54) is 0 Å². The monoisotopic (exact) mass is 240 g/mol. The van der Waals surface area contributed by atoms with Gasteiger partial charge >= 0.3 is 6.09 Å². The molecule has 0 bridgehead atoms. The lowest BCUT2D eigenvalue weighted by molar-refractivity contribution is -0.117. The first-order chi connectivity index (χ1) is 7.65. The third-order valence-electron chi connectivity index (χ3n) is 2.10. The van der Waals surface area contributed by atoms with E-state index < -0.39 is 12.1 Å². The minimum absolute atomic E-state index is 0.0538. The van der Waals surface area contributed by atoms with Crippen LogP contribution in [0.3, 0.4) is 0 Å². The first-order valence-corrected chi connectivity index (χ1v) is 5.02. The van der Waals surface area contributed by atoms with Gasteiger partial charge in [0.2, 0.25) is 0 Å². The number of ether oxygens (including phenoxy) is 1. The van der Waals surface area contributed by atoms with Gasteiger partial charge in [0.1, 0.15) is 12.6 Å². The second kappa shape index (κ2) is 4.40. The van der Waals surface area contributed by atoms with Crippen LogP contribution >= 0.6 is 11.6 Å². The molecule has 1 atom stereocenters. The normalized spacial score (nSPS) is 18.8. The number of carbonyl (C=O) groups excluding carboxylic acids is 2. The lowest BCUT2D eigenvalue weighted by atomic mass is 10.2. The lowest BCUT2D eigenvalue weighted by Crippen LogP contribution is -2.38. The highest BCUT2D eigenvalue weighted by Gasteiger charge is 2.28. The summed E-state index contributed by atoms with van der Waals surface area (Å²) in [5.41, 5.74) is 0.621. The molecular weight excluding hydrogens is 232 g/mol. The smallest absolute Gasteiger partial charge is 0.407 e. The Morgan fingerprint density at radius 3 is 2.69 bits per heavy atom. The van der Waals surface area contributed by atoms with Crippen LogP contribution in [0.5, 0.6) is 0 Å². The van der Waals surface area contributed by atoms with Gasteiger partial charge in [0, 0.05) is 10.7 Å². The van der Waals surface area contributed by atoms with E-state index in [9.17, 15) is 9.59 Å². The molecule has 1 heterocycles. The maximum atomic E-state index is 11.6. The Kier molecular flexibility index (Phi) is 2.96. The van der Waals surface area contributed by atoms with Gasteiger partial charge in [0.25, 0.3) is 5.91 Å². The molecule has 6 heteroatoms. The van der Waals surface area contributed by atoms with Crippen molar-refractivity contribution in [3.05, 3.63) is 29.3 Å². The van der Waals surface area contributed by atoms with Crippen molar-refractivity contribution in [1.29, 1.82) is 0 Å². The zero-order valence-electron chi connectivity index (χ0n) is 8.20. The molecule has 1 saturated heterocycles. The van der Waals surface area contributed by atoms with Crippen LogP contribution in [0, 0.1) is 0 Å². The highest BCUT2D eigenvalue weighted by atomic mass is 35.5. The number of hydrogen-bond acceptors (Lipinski definition) is 3. The van der Waals surface area contributed by atoms with Crippen LogP contribution in [0.1, 0.15) is 0 Å². The van der Waals surface area contributed by atoms with Crippen molar-refractivity contribution < 1.29 is 14.3 Å². The van der Waals surface area contributed by atoms with E-state index in [-0.39, 0.29) is 12.5 Å². The molecule has 2 rings (SSSR count). The van der Waals surface area contributed by atoms with Crippen LogP contribution in [0.4, 0.5) is 10.5 Å².